The van der Waals surface area contributed by atoms with Crippen LogP contribution in [0.3, 0.4) is 0 Å². The molecule has 0 N–H and O–H groups in total. The summed E-state index contributed by atoms with van der Waals surface area (Å²) < 4.78 is 1.90. The predicted octanol–water partition coefficient (Wildman–Crippen LogP) is 3.18. The molecule has 16 heavy (non-hydrogen) atoms. The van der Waals surface area contributed by atoms with Crippen molar-refractivity contribution in [2.75, 3.05) is 0 Å². The Labute approximate surface area is 99.3 Å². The summed E-state index contributed by atoms with van der Waals surface area (Å²) >= 11 is 5.95. The Morgan fingerprint density at radius 2 is 2.25 bits per heavy atom. The number of imidazole rings is 1. The maximum absolute atomic E-state index is 8.85. The molecule has 0 bridgehead atoms. The van der Waals surface area contributed by atoms with Crippen molar-refractivity contribution >= 4 is 17.2 Å². The number of halogens is 1. The molecule has 0 saturated heterocycles. The van der Waals surface area contributed by atoms with Crippen molar-refractivity contribution in [3.05, 3.63) is 34.7 Å². The first-order valence-corrected chi connectivity index (χ1v) is 5.54. The Morgan fingerprint density at radius 1 is 1.50 bits per heavy atom. The van der Waals surface area contributed by atoms with Gasteiger partial charge in [-0.1, -0.05) is 25.4 Å². The van der Waals surface area contributed by atoms with Crippen molar-refractivity contribution < 1.29 is 0 Å². The molecule has 0 aromatic carbocycles. The standard InChI is InChI=1S/C12H12ClN3/c1-8(2)12-10(5-6-14)16-7-9(13)3-4-11(16)15-12/h3-4,7-8H,5H2,1-2H3. The van der Waals surface area contributed by atoms with Crippen LogP contribution in [0, 0.1) is 11.3 Å². The van der Waals surface area contributed by atoms with Crippen molar-refractivity contribution in [2.45, 2.75) is 26.2 Å². The highest BCUT2D eigenvalue weighted by Gasteiger charge is 2.14. The van der Waals surface area contributed by atoms with Gasteiger partial charge in [0.05, 0.1) is 28.9 Å². The van der Waals surface area contributed by atoms with Gasteiger partial charge >= 0.3 is 0 Å². The van der Waals surface area contributed by atoms with Crippen LogP contribution in [-0.4, -0.2) is 9.38 Å². The van der Waals surface area contributed by atoms with Crippen molar-refractivity contribution in [1.29, 1.82) is 5.26 Å². The molecule has 82 valence electrons. The predicted molar refractivity (Wildman–Crippen MR) is 63.6 cm³/mol. The molecule has 2 aromatic heterocycles. The van der Waals surface area contributed by atoms with E-state index in [4.69, 9.17) is 16.9 Å². The first-order chi connectivity index (χ1) is 7.63. The van der Waals surface area contributed by atoms with Crippen molar-refractivity contribution in [1.82, 2.24) is 9.38 Å². The van der Waals surface area contributed by atoms with Crippen LogP contribution in [0.4, 0.5) is 0 Å². The average molecular weight is 234 g/mol. The van der Waals surface area contributed by atoms with E-state index in [2.05, 4.69) is 24.9 Å². The van der Waals surface area contributed by atoms with Crippen LogP contribution in [0.1, 0.15) is 31.2 Å². The molecule has 0 aliphatic carbocycles. The number of pyridine rings is 1. The van der Waals surface area contributed by atoms with E-state index in [1.54, 1.807) is 0 Å². The zero-order chi connectivity index (χ0) is 11.7. The van der Waals surface area contributed by atoms with E-state index in [0.29, 0.717) is 17.4 Å². The first kappa shape index (κ1) is 11.0. The van der Waals surface area contributed by atoms with E-state index >= 15 is 0 Å². The zero-order valence-electron chi connectivity index (χ0n) is 9.24. The Bertz CT molecular complexity index is 563. The summed E-state index contributed by atoms with van der Waals surface area (Å²) in [5.41, 5.74) is 2.76. The van der Waals surface area contributed by atoms with Gasteiger partial charge in [0.1, 0.15) is 5.65 Å². The fraction of sp³-hybridized carbons (Fsp3) is 0.333. The minimum Gasteiger partial charge on any atom is -0.301 e. The van der Waals surface area contributed by atoms with Crippen LogP contribution in [-0.2, 0) is 6.42 Å². The van der Waals surface area contributed by atoms with Crippen molar-refractivity contribution in [3.63, 3.8) is 0 Å². The number of hydrogen-bond donors (Lipinski definition) is 0. The summed E-state index contributed by atoms with van der Waals surface area (Å²) in [6, 6.07) is 5.85. The SMILES string of the molecule is CC(C)c1nc2ccc(Cl)cn2c1CC#N. The Hall–Kier alpha value is -1.53. The molecule has 0 radical (unpaired) electrons. The number of hydrogen-bond acceptors (Lipinski definition) is 2. The lowest BCUT2D eigenvalue weighted by Crippen LogP contribution is -1.97. The molecule has 4 heteroatoms. The summed E-state index contributed by atoms with van der Waals surface area (Å²) in [5, 5.41) is 9.50. The highest BCUT2D eigenvalue weighted by molar-refractivity contribution is 6.30. The first-order valence-electron chi connectivity index (χ1n) is 5.17. The van der Waals surface area contributed by atoms with Gasteiger partial charge < -0.3 is 4.40 Å². The highest BCUT2D eigenvalue weighted by Crippen LogP contribution is 2.22. The van der Waals surface area contributed by atoms with Crippen LogP contribution in [0.25, 0.3) is 5.65 Å². The molecule has 0 spiro atoms. The van der Waals surface area contributed by atoms with Crippen LogP contribution in [0.2, 0.25) is 5.02 Å². The van der Waals surface area contributed by atoms with E-state index in [-0.39, 0.29) is 0 Å². The normalized spacial score (nSPS) is 10.9. The summed E-state index contributed by atoms with van der Waals surface area (Å²) in [6.45, 7) is 4.15. The molecule has 2 aromatic rings. The van der Waals surface area contributed by atoms with E-state index in [1.165, 1.54) is 0 Å². The fourth-order valence-corrected chi connectivity index (χ4v) is 1.96. The van der Waals surface area contributed by atoms with Crippen molar-refractivity contribution in [3.8, 4) is 6.07 Å². The van der Waals surface area contributed by atoms with E-state index < -0.39 is 0 Å². The van der Waals surface area contributed by atoms with Gasteiger partial charge in [0.15, 0.2) is 0 Å². The molecule has 0 atom stereocenters. The number of rotatable bonds is 2. The number of nitrogens with zero attached hydrogens (tertiary/aromatic N) is 3. The summed E-state index contributed by atoms with van der Waals surface area (Å²) in [5.74, 6) is 0.307. The topological polar surface area (TPSA) is 41.1 Å². The van der Waals surface area contributed by atoms with Gasteiger partial charge in [-0.3, -0.25) is 0 Å². The van der Waals surface area contributed by atoms with Gasteiger partial charge in [0.25, 0.3) is 0 Å². The lowest BCUT2D eigenvalue weighted by molar-refractivity contribution is 0.814. The molecular formula is C12H12ClN3. The van der Waals surface area contributed by atoms with Gasteiger partial charge in [-0.15, -0.1) is 0 Å². The van der Waals surface area contributed by atoms with E-state index in [0.717, 1.165) is 17.0 Å². The molecule has 0 aliphatic rings. The Kier molecular flexibility index (Phi) is 2.84. The van der Waals surface area contributed by atoms with Gasteiger partial charge in [-0.2, -0.15) is 5.26 Å². The minimum absolute atomic E-state index is 0.307. The molecule has 0 saturated carbocycles. The van der Waals surface area contributed by atoms with Crippen LogP contribution < -0.4 is 0 Å². The minimum atomic E-state index is 0.307. The Morgan fingerprint density at radius 3 is 2.88 bits per heavy atom. The van der Waals surface area contributed by atoms with Crippen LogP contribution in [0.5, 0.6) is 0 Å². The van der Waals surface area contributed by atoms with Crippen molar-refractivity contribution in [2.24, 2.45) is 0 Å². The fourth-order valence-electron chi connectivity index (χ4n) is 1.80. The smallest absolute Gasteiger partial charge is 0.137 e. The zero-order valence-corrected chi connectivity index (χ0v) is 9.99. The van der Waals surface area contributed by atoms with Gasteiger partial charge in [0.2, 0.25) is 0 Å². The number of nitriles is 1. The maximum Gasteiger partial charge on any atom is 0.137 e. The summed E-state index contributed by atoms with van der Waals surface area (Å²) in [7, 11) is 0. The van der Waals surface area contributed by atoms with Gasteiger partial charge in [0, 0.05) is 6.20 Å². The third kappa shape index (κ3) is 1.77. The average Bonchev–Trinajstić information content (AvgIpc) is 2.58. The summed E-state index contributed by atoms with van der Waals surface area (Å²) in [4.78, 5) is 4.53. The second-order valence-electron chi connectivity index (χ2n) is 4.01. The van der Waals surface area contributed by atoms with Crippen LogP contribution in [0.15, 0.2) is 18.3 Å². The van der Waals surface area contributed by atoms with Gasteiger partial charge in [-0.05, 0) is 18.1 Å². The van der Waals surface area contributed by atoms with E-state index in [9.17, 15) is 0 Å². The number of fused-ring (bicyclic) bond motifs is 1. The number of aromatic nitrogens is 2. The second kappa shape index (κ2) is 4.15. The maximum atomic E-state index is 8.85. The van der Waals surface area contributed by atoms with Gasteiger partial charge in [-0.25, -0.2) is 4.98 Å². The van der Waals surface area contributed by atoms with E-state index in [1.807, 2.05) is 22.7 Å². The molecule has 0 aliphatic heterocycles. The molecular weight excluding hydrogens is 222 g/mol. The highest BCUT2D eigenvalue weighted by atomic mass is 35.5. The van der Waals surface area contributed by atoms with Crippen LogP contribution >= 0.6 is 11.6 Å². The lowest BCUT2D eigenvalue weighted by atomic mass is 10.1. The molecule has 2 heterocycles. The quantitative estimate of drug-likeness (QED) is 0.800. The molecule has 3 nitrogen and oxygen atoms in total. The monoisotopic (exact) mass is 233 g/mol. The third-order valence-electron chi connectivity index (χ3n) is 2.51. The molecule has 0 unspecified atom stereocenters. The third-order valence-corrected chi connectivity index (χ3v) is 2.73. The largest absolute Gasteiger partial charge is 0.301 e. The molecule has 0 fully saturated rings. The Balaban J connectivity index is 2.73. The second-order valence-corrected chi connectivity index (χ2v) is 4.45. The summed E-state index contributed by atoms with van der Waals surface area (Å²) in [6.07, 6.45) is 2.16. The molecule has 0 amide bonds. The lowest BCUT2D eigenvalue weighted by Gasteiger charge is -2.03. The molecule has 2 rings (SSSR count).